The average molecular weight is 403 g/mol. The topological polar surface area (TPSA) is 80.0 Å². The van der Waals surface area contributed by atoms with Gasteiger partial charge in [0.1, 0.15) is 5.60 Å². The van der Waals surface area contributed by atoms with E-state index in [0.29, 0.717) is 28.3 Å². The number of halogens is 1. The highest BCUT2D eigenvalue weighted by Crippen LogP contribution is 2.62. The van der Waals surface area contributed by atoms with E-state index in [4.69, 9.17) is 11.6 Å². The number of carbonyl (C=O) groups is 1. The number of nitrogens with zero attached hydrogens (tertiary/aromatic N) is 3. The van der Waals surface area contributed by atoms with Gasteiger partial charge in [-0.3, -0.25) is 4.79 Å². The molecule has 2 aromatic rings. The van der Waals surface area contributed by atoms with Crippen LogP contribution >= 0.6 is 11.6 Å². The molecule has 0 radical (unpaired) electrons. The molecule has 6 nitrogen and oxygen atoms in total. The zero-order valence-corrected chi connectivity index (χ0v) is 17.2. The van der Waals surface area contributed by atoms with E-state index < -0.39 is 5.60 Å². The Balaban J connectivity index is 1.39. The van der Waals surface area contributed by atoms with Gasteiger partial charge in [0.2, 0.25) is 0 Å². The van der Waals surface area contributed by atoms with E-state index in [0.717, 1.165) is 25.0 Å². The third kappa shape index (κ3) is 3.55. The van der Waals surface area contributed by atoms with Crippen molar-refractivity contribution in [3.63, 3.8) is 0 Å². The molecule has 1 aromatic heterocycles. The van der Waals surface area contributed by atoms with Crippen LogP contribution in [0.1, 0.15) is 62.1 Å². The van der Waals surface area contributed by atoms with Crippen molar-refractivity contribution < 1.29 is 9.90 Å². The van der Waals surface area contributed by atoms with Crippen molar-refractivity contribution in [3.8, 4) is 0 Å². The SMILES string of the molecule is CCC(NC(=O)c1ccc(Cl)cc1)C1[C@H]2CC(n3nncc3C(C)(C)O)C[C@@H]12. The molecule has 3 unspecified atom stereocenters. The van der Waals surface area contributed by atoms with E-state index in [-0.39, 0.29) is 18.0 Å². The van der Waals surface area contributed by atoms with Crippen LogP contribution in [0.25, 0.3) is 0 Å². The van der Waals surface area contributed by atoms with Crippen molar-refractivity contribution in [1.82, 2.24) is 20.3 Å². The third-order valence-corrected chi connectivity index (χ3v) is 6.61. The Hall–Kier alpha value is -1.92. The zero-order chi connectivity index (χ0) is 20.1. The molecule has 0 saturated heterocycles. The van der Waals surface area contributed by atoms with Crippen LogP contribution in [-0.2, 0) is 5.60 Å². The van der Waals surface area contributed by atoms with Gasteiger partial charge in [-0.05, 0) is 75.1 Å². The summed E-state index contributed by atoms with van der Waals surface area (Å²) < 4.78 is 1.90. The summed E-state index contributed by atoms with van der Waals surface area (Å²) in [5.41, 5.74) is 0.455. The number of carbonyl (C=O) groups excluding carboxylic acids is 1. The first-order valence-electron chi connectivity index (χ1n) is 9.99. The Bertz CT molecular complexity index is 846. The number of aliphatic hydroxyl groups is 1. The summed E-state index contributed by atoms with van der Waals surface area (Å²) in [5, 5.41) is 22.4. The number of fused-ring (bicyclic) bond motifs is 1. The van der Waals surface area contributed by atoms with Crippen LogP contribution in [0.2, 0.25) is 5.02 Å². The molecule has 0 spiro atoms. The number of rotatable bonds is 6. The van der Waals surface area contributed by atoms with E-state index in [9.17, 15) is 9.90 Å². The molecule has 2 fully saturated rings. The smallest absolute Gasteiger partial charge is 0.251 e. The van der Waals surface area contributed by atoms with Gasteiger partial charge in [0.05, 0.1) is 17.9 Å². The largest absolute Gasteiger partial charge is 0.384 e. The maximum atomic E-state index is 12.6. The fraction of sp³-hybridized carbons (Fsp3) is 0.571. The average Bonchev–Trinajstić information content (AvgIpc) is 3.05. The molecule has 1 aromatic carbocycles. The number of aromatic nitrogens is 3. The van der Waals surface area contributed by atoms with E-state index >= 15 is 0 Å². The van der Waals surface area contributed by atoms with Crippen LogP contribution < -0.4 is 5.32 Å². The Morgan fingerprint density at radius 1 is 1.32 bits per heavy atom. The zero-order valence-electron chi connectivity index (χ0n) is 16.5. The van der Waals surface area contributed by atoms with Crippen LogP contribution in [0.4, 0.5) is 0 Å². The molecule has 4 rings (SSSR count). The minimum atomic E-state index is -0.950. The molecule has 5 atom stereocenters. The Morgan fingerprint density at radius 2 is 1.96 bits per heavy atom. The summed E-state index contributed by atoms with van der Waals surface area (Å²) in [7, 11) is 0. The van der Waals surface area contributed by atoms with Gasteiger partial charge in [0.25, 0.3) is 5.91 Å². The molecule has 2 saturated carbocycles. The highest BCUT2D eigenvalue weighted by Gasteiger charge is 2.59. The van der Waals surface area contributed by atoms with E-state index in [2.05, 4.69) is 22.6 Å². The van der Waals surface area contributed by atoms with Crippen LogP contribution in [0.3, 0.4) is 0 Å². The maximum absolute atomic E-state index is 12.6. The number of amides is 1. The van der Waals surface area contributed by atoms with Gasteiger partial charge >= 0.3 is 0 Å². The second-order valence-electron chi connectivity index (χ2n) is 8.65. The molecule has 1 amide bonds. The lowest BCUT2D eigenvalue weighted by atomic mass is 9.98. The summed E-state index contributed by atoms with van der Waals surface area (Å²) in [6.45, 7) is 5.66. The Morgan fingerprint density at radius 3 is 2.54 bits per heavy atom. The fourth-order valence-corrected chi connectivity index (χ4v) is 5.06. The number of nitrogens with one attached hydrogen (secondary N) is 1. The molecular weight excluding hydrogens is 376 g/mol. The first-order chi connectivity index (χ1) is 13.3. The van der Waals surface area contributed by atoms with Crippen molar-refractivity contribution in [1.29, 1.82) is 0 Å². The monoisotopic (exact) mass is 402 g/mol. The molecule has 28 heavy (non-hydrogen) atoms. The van der Waals surface area contributed by atoms with Crippen LogP contribution in [0, 0.1) is 17.8 Å². The number of hydrogen-bond acceptors (Lipinski definition) is 4. The second-order valence-corrected chi connectivity index (χ2v) is 9.08. The molecule has 0 bridgehead atoms. The predicted octanol–water partition coefficient (Wildman–Crippen LogP) is 3.56. The Kier molecular flexibility index (Phi) is 4.96. The Labute approximate surface area is 170 Å². The number of hydrogen-bond donors (Lipinski definition) is 2. The van der Waals surface area contributed by atoms with Gasteiger partial charge in [-0.1, -0.05) is 23.7 Å². The standard InChI is InChI=1S/C21H27ClN4O2/c1-4-17(24-20(27)12-5-7-13(22)8-6-12)19-15-9-14(10-16(15)19)26-18(11-23-25-26)21(2,3)28/h5-8,11,14-17,19,28H,4,9-10H2,1-3H3,(H,24,27)/t14?,15-,16+,17?,19?. The second kappa shape index (κ2) is 7.16. The first-order valence-corrected chi connectivity index (χ1v) is 10.4. The highest BCUT2D eigenvalue weighted by molar-refractivity contribution is 6.30. The van der Waals surface area contributed by atoms with Crippen molar-refractivity contribution in [2.45, 2.75) is 57.7 Å². The lowest BCUT2D eigenvalue weighted by Gasteiger charge is -2.25. The van der Waals surface area contributed by atoms with Crippen molar-refractivity contribution in [2.75, 3.05) is 0 Å². The van der Waals surface area contributed by atoms with Gasteiger partial charge in [0, 0.05) is 16.6 Å². The molecule has 1 heterocycles. The summed E-state index contributed by atoms with van der Waals surface area (Å²) in [4.78, 5) is 12.6. The normalized spacial score (nSPS) is 27.3. The van der Waals surface area contributed by atoms with E-state index in [1.54, 1.807) is 44.3 Å². The maximum Gasteiger partial charge on any atom is 0.251 e. The lowest BCUT2D eigenvalue weighted by Crippen LogP contribution is -2.37. The van der Waals surface area contributed by atoms with Gasteiger partial charge in [0.15, 0.2) is 0 Å². The molecule has 2 aliphatic carbocycles. The predicted molar refractivity (Wildman–Crippen MR) is 107 cm³/mol. The molecule has 0 aliphatic heterocycles. The van der Waals surface area contributed by atoms with Crippen LogP contribution in [0.15, 0.2) is 30.5 Å². The van der Waals surface area contributed by atoms with Crippen molar-refractivity contribution in [3.05, 3.63) is 46.7 Å². The van der Waals surface area contributed by atoms with Crippen molar-refractivity contribution >= 4 is 17.5 Å². The van der Waals surface area contributed by atoms with E-state index in [1.165, 1.54) is 0 Å². The van der Waals surface area contributed by atoms with Gasteiger partial charge in [-0.2, -0.15) is 0 Å². The van der Waals surface area contributed by atoms with E-state index in [1.807, 2.05) is 4.68 Å². The van der Waals surface area contributed by atoms with Gasteiger partial charge < -0.3 is 10.4 Å². The molecule has 2 N–H and O–H groups in total. The highest BCUT2D eigenvalue weighted by atomic mass is 35.5. The first kappa shape index (κ1) is 19.4. The minimum Gasteiger partial charge on any atom is -0.384 e. The summed E-state index contributed by atoms with van der Waals surface area (Å²) in [6.07, 6.45) is 4.62. The summed E-state index contributed by atoms with van der Waals surface area (Å²) in [5.74, 6) is 1.68. The fourth-order valence-electron chi connectivity index (χ4n) is 4.93. The van der Waals surface area contributed by atoms with Gasteiger partial charge in [-0.25, -0.2) is 4.68 Å². The van der Waals surface area contributed by atoms with Crippen LogP contribution in [0.5, 0.6) is 0 Å². The quantitative estimate of drug-likeness (QED) is 0.774. The minimum absolute atomic E-state index is 0.0365. The number of benzene rings is 1. The summed E-state index contributed by atoms with van der Waals surface area (Å²) >= 11 is 5.91. The molecule has 150 valence electrons. The molecule has 7 heteroatoms. The third-order valence-electron chi connectivity index (χ3n) is 6.36. The molecular formula is C21H27ClN4O2. The van der Waals surface area contributed by atoms with Gasteiger partial charge in [-0.15, -0.1) is 5.10 Å². The lowest BCUT2D eigenvalue weighted by molar-refractivity contribution is 0.0654. The van der Waals surface area contributed by atoms with Crippen molar-refractivity contribution in [2.24, 2.45) is 17.8 Å². The summed E-state index contributed by atoms with van der Waals surface area (Å²) in [6, 6.07) is 7.47. The molecule has 2 aliphatic rings. The van der Waals surface area contributed by atoms with Crippen LogP contribution in [-0.4, -0.2) is 32.0 Å².